The van der Waals surface area contributed by atoms with Gasteiger partial charge in [0.1, 0.15) is 5.69 Å². The summed E-state index contributed by atoms with van der Waals surface area (Å²) in [6.45, 7) is 3.36. The van der Waals surface area contributed by atoms with Crippen LogP contribution in [0.15, 0.2) is 17.9 Å². The highest BCUT2D eigenvalue weighted by Crippen LogP contribution is 2.41. The Labute approximate surface area is 161 Å². The maximum atomic E-state index is 12.4. The van der Waals surface area contributed by atoms with Gasteiger partial charge in [-0.15, -0.1) is 11.3 Å². The lowest BCUT2D eigenvalue weighted by Crippen LogP contribution is -2.52. The number of likely N-dealkylation sites (tertiary alicyclic amines) is 1. The van der Waals surface area contributed by atoms with Crippen molar-refractivity contribution in [2.24, 2.45) is 11.1 Å². The van der Waals surface area contributed by atoms with Crippen LogP contribution in [0.1, 0.15) is 41.9 Å². The average Bonchev–Trinajstić information content (AvgIpc) is 3.35. The zero-order valence-electron chi connectivity index (χ0n) is 15.2. The molecule has 0 atom stereocenters. The standard InChI is InChI=1S/C18H24N6O2S/c19-16(26)14-10-27-17(22-14)23-7-4-18(5-8-23)3-1-15(25)24(11-18)6-2-13-9-20-12-21-13/h9-10,12H,1-8,11H2,(H2,19,26)(H,20,21). The summed E-state index contributed by atoms with van der Waals surface area (Å²) >= 11 is 1.47. The summed E-state index contributed by atoms with van der Waals surface area (Å²) in [4.78, 5) is 39.4. The fraction of sp³-hybridized carbons (Fsp3) is 0.556. The molecule has 0 bridgehead atoms. The first kappa shape index (κ1) is 18.0. The molecule has 4 rings (SSSR count). The van der Waals surface area contributed by atoms with Gasteiger partial charge in [0.2, 0.25) is 5.91 Å². The zero-order valence-corrected chi connectivity index (χ0v) is 16.0. The largest absolute Gasteiger partial charge is 0.364 e. The molecule has 0 radical (unpaired) electrons. The summed E-state index contributed by atoms with van der Waals surface area (Å²) in [5.74, 6) is -0.224. The summed E-state index contributed by atoms with van der Waals surface area (Å²) < 4.78 is 0. The van der Waals surface area contributed by atoms with Gasteiger partial charge in [-0.2, -0.15) is 0 Å². The number of primary amides is 1. The van der Waals surface area contributed by atoms with E-state index in [1.165, 1.54) is 11.3 Å². The lowest BCUT2D eigenvalue weighted by Gasteiger charge is -2.47. The molecule has 8 nitrogen and oxygen atoms in total. The van der Waals surface area contributed by atoms with Crippen LogP contribution in [0.2, 0.25) is 0 Å². The smallest absolute Gasteiger partial charge is 0.268 e. The van der Waals surface area contributed by atoms with Crippen LogP contribution in [0, 0.1) is 5.41 Å². The van der Waals surface area contributed by atoms with Crippen molar-refractivity contribution in [3.63, 3.8) is 0 Å². The quantitative estimate of drug-likeness (QED) is 0.805. The number of aromatic amines is 1. The lowest BCUT2D eigenvalue weighted by atomic mass is 9.72. The lowest BCUT2D eigenvalue weighted by molar-refractivity contribution is -0.138. The molecule has 2 amide bonds. The Morgan fingerprint density at radius 2 is 2.15 bits per heavy atom. The number of imidazole rings is 1. The molecule has 2 aliphatic heterocycles. The second-order valence-corrected chi connectivity index (χ2v) is 8.35. The molecule has 0 saturated carbocycles. The predicted octanol–water partition coefficient (Wildman–Crippen LogP) is 1.42. The van der Waals surface area contributed by atoms with Gasteiger partial charge in [0, 0.05) is 56.3 Å². The van der Waals surface area contributed by atoms with Crippen molar-refractivity contribution in [3.05, 3.63) is 29.3 Å². The fourth-order valence-electron chi connectivity index (χ4n) is 4.09. The van der Waals surface area contributed by atoms with Crippen molar-refractivity contribution >= 4 is 28.3 Å². The minimum Gasteiger partial charge on any atom is -0.364 e. The molecule has 2 saturated heterocycles. The Bertz CT molecular complexity index is 810. The van der Waals surface area contributed by atoms with E-state index < -0.39 is 5.91 Å². The second kappa shape index (κ2) is 7.30. The number of nitrogens with two attached hydrogens (primary N) is 1. The molecule has 0 aromatic carbocycles. The third kappa shape index (κ3) is 3.83. The van der Waals surface area contributed by atoms with E-state index in [2.05, 4.69) is 19.9 Å². The molecule has 9 heteroatoms. The SMILES string of the molecule is NC(=O)c1csc(N2CCC3(CCC(=O)N(CCc4cnc[nH]4)C3)CC2)n1. The summed E-state index contributed by atoms with van der Waals surface area (Å²) in [7, 11) is 0. The first-order valence-corrected chi connectivity index (χ1v) is 10.2. The summed E-state index contributed by atoms with van der Waals surface area (Å²) in [5.41, 5.74) is 6.90. The van der Waals surface area contributed by atoms with Gasteiger partial charge in [0.15, 0.2) is 5.13 Å². The molecule has 27 heavy (non-hydrogen) atoms. The topological polar surface area (TPSA) is 108 Å². The van der Waals surface area contributed by atoms with Gasteiger partial charge in [-0.25, -0.2) is 9.97 Å². The molecular weight excluding hydrogens is 364 g/mol. The number of piperidine rings is 2. The van der Waals surface area contributed by atoms with Crippen LogP contribution in [-0.2, 0) is 11.2 Å². The molecule has 2 aromatic heterocycles. The Kier molecular flexibility index (Phi) is 4.86. The minimum atomic E-state index is -0.482. The van der Waals surface area contributed by atoms with Crippen LogP contribution < -0.4 is 10.6 Å². The van der Waals surface area contributed by atoms with Crippen LogP contribution in [0.4, 0.5) is 5.13 Å². The number of nitrogens with one attached hydrogen (secondary N) is 1. The van der Waals surface area contributed by atoms with Gasteiger partial charge < -0.3 is 20.5 Å². The molecule has 1 spiro atoms. The van der Waals surface area contributed by atoms with E-state index in [0.717, 1.165) is 62.7 Å². The van der Waals surface area contributed by atoms with E-state index in [4.69, 9.17) is 5.73 Å². The molecule has 2 fully saturated rings. The number of H-pyrrole nitrogens is 1. The van der Waals surface area contributed by atoms with E-state index in [1.54, 1.807) is 11.7 Å². The van der Waals surface area contributed by atoms with Crippen molar-refractivity contribution < 1.29 is 9.59 Å². The Morgan fingerprint density at radius 1 is 1.33 bits per heavy atom. The number of nitrogens with zero attached hydrogens (tertiary/aromatic N) is 4. The Morgan fingerprint density at radius 3 is 2.81 bits per heavy atom. The normalized spacial score (nSPS) is 19.6. The van der Waals surface area contributed by atoms with Gasteiger partial charge in [-0.3, -0.25) is 9.59 Å². The maximum Gasteiger partial charge on any atom is 0.268 e. The third-order valence-corrected chi connectivity index (χ3v) is 6.69. The minimum absolute atomic E-state index is 0.197. The average molecular weight is 388 g/mol. The number of hydrogen-bond acceptors (Lipinski definition) is 6. The van der Waals surface area contributed by atoms with Crippen LogP contribution in [0.5, 0.6) is 0 Å². The van der Waals surface area contributed by atoms with Crippen molar-refractivity contribution in [3.8, 4) is 0 Å². The molecule has 0 aliphatic carbocycles. The van der Waals surface area contributed by atoms with Crippen LogP contribution in [0.25, 0.3) is 0 Å². The van der Waals surface area contributed by atoms with Crippen molar-refractivity contribution in [2.45, 2.75) is 32.1 Å². The molecule has 144 valence electrons. The number of carbonyl (C=O) groups excluding carboxylic acids is 2. The van der Waals surface area contributed by atoms with Crippen LogP contribution >= 0.6 is 11.3 Å². The predicted molar refractivity (Wildman–Crippen MR) is 103 cm³/mol. The molecule has 2 aliphatic rings. The first-order chi connectivity index (χ1) is 13.0. The number of amides is 2. The number of rotatable bonds is 5. The van der Waals surface area contributed by atoms with Gasteiger partial charge >= 0.3 is 0 Å². The van der Waals surface area contributed by atoms with Crippen molar-refractivity contribution in [1.29, 1.82) is 0 Å². The van der Waals surface area contributed by atoms with E-state index in [1.807, 2.05) is 11.1 Å². The first-order valence-electron chi connectivity index (χ1n) is 9.30. The number of aromatic nitrogens is 3. The Balaban J connectivity index is 1.36. The Hall–Kier alpha value is -2.42. The van der Waals surface area contributed by atoms with Gasteiger partial charge in [0.25, 0.3) is 5.91 Å². The number of hydrogen-bond donors (Lipinski definition) is 2. The fourth-order valence-corrected chi connectivity index (χ4v) is 4.95. The third-order valence-electron chi connectivity index (χ3n) is 5.79. The van der Waals surface area contributed by atoms with E-state index in [-0.39, 0.29) is 11.3 Å². The number of carbonyl (C=O) groups is 2. The van der Waals surface area contributed by atoms with Crippen molar-refractivity contribution in [2.75, 3.05) is 31.1 Å². The highest BCUT2D eigenvalue weighted by Gasteiger charge is 2.41. The van der Waals surface area contributed by atoms with Gasteiger partial charge in [-0.1, -0.05) is 0 Å². The van der Waals surface area contributed by atoms with Crippen LogP contribution in [-0.4, -0.2) is 57.8 Å². The molecular formula is C18H24N6O2S. The van der Waals surface area contributed by atoms with Gasteiger partial charge in [-0.05, 0) is 24.7 Å². The highest BCUT2D eigenvalue weighted by atomic mass is 32.1. The maximum absolute atomic E-state index is 12.4. The summed E-state index contributed by atoms with van der Waals surface area (Å²) in [6.07, 6.45) is 7.96. The highest BCUT2D eigenvalue weighted by molar-refractivity contribution is 7.13. The summed E-state index contributed by atoms with van der Waals surface area (Å²) in [6, 6.07) is 0. The van der Waals surface area contributed by atoms with E-state index >= 15 is 0 Å². The monoisotopic (exact) mass is 388 g/mol. The number of anilines is 1. The molecule has 0 unspecified atom stereocenters. The number of thiazole rings is 1. The zero-order chi connectivity index (χ0) is 18.9. The van der Waals surface area contributed by atoms with Gasteiger partial charge in [0.05, 0.1) is 6.33 Å². The second-order valence-electron chi connectivity index (χ2n) is 7.51. The van der Waals surface area contributed by atoms with Crippen LogP contribution in [0.3, 0.4) is 0 Å². The van der Waals surface area contributed by atoms with E-state index in [0.29, 0.717) is 12.1 Å². The molecule has 3 N–H and O–H groups in total. The molecule has 2 aromatic rings. The summed E-state index contributed by atoms with van der Waals surface area (Å²) in [5, 5.41) is 2.58. The van der Waals surface area contributed by atoms with E-state index in [9.17, 15) is 9.59 Å². The van der Waals surface area contributed by atoms with Crippen molar-refractivity contribution in [1.82, 2.24) is 19.9 Å². The molecule has 4 heterocycles.